The molecule has 0 amide bonds. The molecule has 0 aromatic heterocycles. The molecule has 17 heavy (non-hydrogen) atoms. The van der Waals surface area contributed by atoms with Gasteiger partial charge in [0.2, 0.25) is 0 Å². The van der Waals surface area contributed by atoms with Crippen LogP contribution in [-0.4, -0.2) is 54.6 Å². The van der Waals surface area contributed by atoms with Gasteiger partial charge in [0.25, 0.3) is 0 Å². The fourth-order valence-corrected chi connectivity index (χ4v) is 3.42. The molecule has 2 fully saturated rings. The van der Waals surface area contributed by atoms with Gasteiger partial charge in [0.05, 0.1) is 0 Å². The van der Waals surface area contributed by atoms with E-state index in [2.05, 4.69) is 16.7 Å². The van der Waals surface area contributed by atoms with E-state index in [0.717, 1.165) is 12.6 Å². The Morgan fingerprint density at radius 2 is 1.88 bits per heavy atom. The van der Waals surface area contributed by atoms with Gasteiger partial charge in [-0.1, -0.05) is 6.92 Å². The average molecular weight is 239 g/mol. The van der Waals surface area contributed by atoms with Crippen molar-refractivity contribution in [3.05, 3.63) is 0 Å². The van der Waals surface area contributed by atoms with Crippen molar-refractivity contribution in [2.75, 3.05) is 32.7 Å². The summed E-state index contributed by atoms with van der Waals surface area (Å²) >= 11 is 0. The smallest absolute Gasteiger partial charge is 0.0168 e. The molecule has 0 aromatic carbocycles. The zero-order chi connectivity index (χ0) is 12.1. The van der Waals surface area contributed by atoms with E-state index in [1.807, 2.05) is 0 Å². The van der Waals surface area contributed by atoms with Gasteiger partial charge in [-0.15, -0.1) is 0 Å². The Kier molecular flexibility index (Phi) is 5.26. The van der Waals surface area contributed by atoms with E-state index in [1.54, 1.807) is 0 Å². The minimum absolute atomic E-state index is 0.429. The van der Waals surface area contributed by atoms with Crippen LogP contribution in [0.1, 0.15) is 45.4 Å². The predicted octanol–water partition coefficient (Wildman–Crippen LogP) is 1.67. The maximum absolute atomic E-state index is 6.09. The number of hydrogen-bond acceptors (Lipinski definition) is 3. The SMILES string of the molecule is CCCN1CCCC(N2CCCC(N)C2)CC1. The van der Waals surface area contributed by atoms with E-state index in [1.165, 1.54) is 64.7 Å². The van der Waals surface area contributed by atoms with Crippen LogP contribution in [0.3, 0.4) is 0 Å². The second-order valence-electron chi connectivity index (χ2n) is 5.82. The van der Waals surface area contributed by atoms with E-state index in [-0.39, 0.29) is 0 Å². The Balaban J connectivity index is 1.81. The molecular formula is C14H29N3. The van der Waals surface area contributed by atoms with Crippen LogP contribution in [0.4, 0.5) is 0 Å². The summed E-state index contributed by atoms with van der Waals surface area (Å²) in [4.78, 5) is 5.31. The summed E-state index contributed by atoms with van der Waals surface area (Å²) in [7, 11) is 0. The summed E-state index contributed by atoms with van der Waals surface area (Å²) in [6.07, 6.45) is 7.93. The first-order chi connectivity index (χ1) is 8.29. The van der Waals surface area contributed by atoms with Crippen molar-refractivity contribution >= 4 is 0 Å². The number of hydrogen-bond donors (Lipinski definition) is 1. The third kappa shape index (κ3) is 3.94. The summed E-state index contributed by atoms with van der Waals surface area (Å²) in [6, 6.07) is 1.24. The van der Waals surface area contributed by atoms with E-state index in [0.29, 0.717) is 6.04 Å². The normalized spacial score (nSPS) is 33.5. The van der Waals surface area contributed by atoms with Crippen LogP contribution in [-0.2, 0) is 0 Å². The van der Waals surface area contributed by atoms with Crippen LogP contribution in [0.15, 0.2) is 0 Å². The summed E-state index contributed by atoms with van der Waals surface area (Å²) < 4.78 is 0. The first-order valence-electron chi connectivity index (χ1n) is 7.51. The van der Waals surface area contributed by atoms with Crippen molar-refractivity contribution in [2.24, 2.45) is 5.73 Å². The van der Waals surface area contributed by atoms with Crippen molar-refractivity contribution in [3.8, 4) is 0 Å². The van der Waals surface area contributed by atoms with Crippen LogP contribution in [0.25, 0.3) is 0 Å². The molecule has 2 unspecified atom stereocenters. The number of nitrogens with two attached hydrogens (primary N) is 1. The standard InChI is InChI=1S/C14H29N3/c1-2-8-16-9-4-6-14(7-11-16)17-10-3-5-13(15)12-17/h13-14H,2-12,15H2,1H3. The molecule has 0 aliphatic carbocycles. The highest BCUT2D eigenvalue weighted by Crippen LogP contribution is 2.20. The third-order valence-electron chi connectivity index (χ3n) is 4.34. The lowest BCUT2D eigenvalue weighted by molar-refractivity contribution is 0.136. The van der Waals surface area contributed by atoms with Gasteiger partial charge >= 0.3 is 0 Å². The first kappa shape index (κ1) is 13.3. The molecule has 2 heterocycles. The molecule has 0 radical (unpaired) electrons. The van der Waals surface area contributed by atoms with Gasteiger partial charge in [0.1, 0.15) is 0 Å². The summed E-state index contributed by atoms with van der Waals surface area (Å²) in [6.45, 7) is 8.59. The van der Waals surface area contributed by atoms with E-state index < -0.39 is 0 Å². The minimum Gasteiger partial charge on any atom is -0.327 e. The monoisotopic (exact) mass is 239 g/mol. The van der Waals surface area contributed by atoms with Gasteiger partial charge in [0, 0.05) is 18.6 Å². The van der Waals surface area contributed by atoms with Crippen molar-refractivity contribution in [2.45, 2.75) is 57.5 Å². The fourth-order valence-electron chi connectivity index (χ4n) is 3.42. The molecule has 3 heteroatoms. The van der Waals surface area contributed by atoms with Crippen molar-refractivity contribution in [3.63, 3.8) is 0 Å². The minimum atomic E-state index is 0.429. The van der Waals surface area contributed by atoms with Crippen LogP contribution < -0.4 is 5.73 Å². The van der Waals surface area contributed by atoms with Crippen LogP contribution in [0, 0.1) is 0 Å². The highest BCUT2D eigenvalue weighted by Gasteiger charge is 2.25. The lowest BCUT2D eigenvalue weighted by Gasteiger charge is -2.36. The van der Waals surface area contributed by atoms with Gasteiger partial charge in [-0.3, -0.25) is 4.90 Å². The van der Waals surface area contributed by atoms with Crippen LogP contribution in [0.2, 0.25) is 0 Å². The Hall–Kier alpha value is -0.120. The van der Waals surface area contributed by atoms with Crippen molar-refractivity contribution in [1.82, 2.24) is 9.80 Å². The maximum Gasteiger partial charge on any atom is 0.0168 e. The topological polar surface area (TPSA) is 32.5 Å². The van der Waals surface area contributed by atoms with Crippen LogP contribution in [0.5, 0.6) is 0 Å². The second-order valence-corrected chi connectivity index (χ2v) is 5.82. The third-order valence-corrected chi connectivity index (χ3v) is 4.34. The molecule has 3 nitrogen and oxygen atoms in total. The second kappa shape index (κ2) is 6.72. The molecule has 2 saturated heterocycles. The molecule has 0 saturated carbocycles. The maximum atomic E-state index is 6.09. The summed E-state index contributed by atoms with van der Waals surface area (Å²) in [5.41, 5.74) is 6.09. The molecule has 0 aromatic rings. The summed E-state index contributed by atoms with van der Waals surface area (Å²) in [5, 5.41) is 0. The molecule has 2 rings (SSSR count). The Bertz CT molecular complexity index is 220. The largest absolute Gasteiger partial charge is 0.327 e. The van der Waals surface area contributed by atoms with E-state index >= 15 is 0 Å². The molecule has 0 bridgehead atoms. The molecular weight excluding hydrogens is 210 g/mol. The molecule has 2 atom stereocenters. The zero-order valence-electron chi connectivity index (χ0n) is 11.4. The van der Waals surface area contributed by atoms with Crippen molar-refractivity contribution < 1.29 is 0 Å². The van der Waals surface area contributed by atoms with Gasteiger partial charge in [0.15, 0.2) is 0 Å². The summed E-state index contributed by atoms with van der Waals surface area (Å²) in [5.74, 6) is 0. The van der Waals surface area contributed by atoms with Gasteiger partial charge < -0.3 is 10.6 Å². The molecule has 0 spiro atoms. The van der Waals surface area contributed by atoms with Crippen molar-refractivity contribution in [1.29, 1.82) is 0 Å². The number of likely N-dealkylation sites (tertiary alicyclic amines) is 2. The quantitative estimate of drug-likeness (QED) is 0.813. The van der Waals surface area contributed by atoms with Crippen LogP contribution >= 0.6 is 0 Å². The predicted molar refractivity (Wildman–Crippen MR) is 73.2 cm³/mol. The molecule has 2 aliphatic heterocycles. The highest BCUT2D eigenvalue weighted by atomic mass is 15.2. The van der Waals surface area contributed by atoms with Gasteiger partial charge in [-0.05, 0) is 64.7 Å². The van der Waals surface area contributed by atoms with E-state index in [9.17, 15) is 0 Å². The molecule has 100 valence electrons. The average Bonchev–Trinajstić information content (AvgIpc) is 2.55. The molecule has 2 N–H and O–H groups in total. The first-order valence-corrected chi connectivity index (χ1v) is 7.51. The fraction of sp³-hybridized carbons (Fsp3) is 1.00. The Morgan fingerprint density at radius 3 is 2.65 bits per heavy atom. The van der Waals surface area contributed by atoms with Gasteiger partial charge in [-0.25, -0.2) is 0 Å². The number of piperidine rings is 1. The zero-order valence-corrected chi connectivity index (χ0v) is 11.4. The van der Waals surface area contributed by atoms with Gasteiger partial charge in [-0.2, -0.15) is 0 Å². The molecule has 2 aliphatic rings. The van der Waals surface area contributed by atoms with E-state index in [4.69, 9.17) is 5.73 Å². The number of rotatable bonds is 3. The lowest BCUT2D eigenvalue weighted by atomic mass is 10.0. The highest BCUT2D eigenvalue weighted by molar-refractivity contribution is 4.83. The Morgan fingerprint density at radius 1 is 1.06 bits per heavy atom. The Labute approximate surface area is 106 Å². The number of nitrogens with zero attached hydrogens (tertiary/aromatic N) is 2. The lowest BCUT2D eigenvalue weighted by Crippen LogP contribution is -2.47.